The van der Waals surface area contributed by atoms with Gasteiger partial charge in [-0.15, -0.1) is 0 Å². The number of nitrogens with one attached hydrogen (secondary N) is 1. The summed E-state index contributed by atoms with van der Waals surface area (Å²) in [6, 6.07) is 10.2. The Morgan fingerprint density at radius 1 is 1.13 bits per heavy atom. The van der Waals surface area contributed by atoms with E-state index in [0.29, 0.717) is 12.2 Å². The number of H-pyrrole nitrogens is 1. The van der Waals surface area contributed by atoms with Crippen molar-refractivity contribution in [2.75, 3.05) is 19.8 Å². The van der Waals surface area contributed by atoms with Crippen LogP contribution in [0.15, 0.2) is 52.2 Å². The molecule has 31 heavy (non-hydrogen) atoms. The zero-order valence-electron chi connectivity index (χ0n) is 17.7. The molecule has 2 rings (SSSR count). The van der Waals surface area contributed by atoms with Crippen molar-refractivity contribution in [1.82, 2.24) is 9.55 Å². The van der Waals surface area contributed by atoms with Gasteiger partial charge in [0, 0.05) is 12.3 Å². The molecule has 11 heteroatoms. The predicted molar refractivity (Wildman–Crippen MR) is 114 cm³/mol. The summed E-state index contributed by atoms with van der Waals surface area (Å²) in [5.41, 5.74) is -1.05. The zero-order chi connectivity index (χ0) is 22.6. The van der Waals surface area contributed by atoms with Crippen molar-refractivity contribution in [2.24, 2.45) is 0 Å². The monoisotopic (exact) mass is 454 g/mol. The van der Waals surface area contributed by atoms with Gasteiger partial charge >= 0.3 is 20.3 Å². The molecular weight excluding hydrogens is 427 g/mol. The fourth-order valence-corrected chi connectivity index (χ4v) is 3.39. The third kappa shape index (κ3) is 8.63. The Bertz CT molecular complexity index is 917. The van der Waals surface area contributed by atoms with Gasteiger partial charge in [-0.1, -0.05) is 25.1 Å². The van der Waals surface area contributed by atoms with Gasteiger partial charge in [0.15, 0.2) is 6.61 Å². The molecule has 0 fully saturated rings. The summed E-state index contributed by atoms with van der Waals surface area (Å²) in [6.45, 7) is 5.32. The second kappa shape index (κ2) is 13.0. The largest absolute Gasteiger partial charge is 0.464 e. The van der Waals surface area contributed by atoms with E-state index in [1.165, 1.54) is 16.8 Å². The highest BCUT2D eigenvalue weighted by atomic mass is 31.2. The molecule has 0 aliphatic carbocycles. The van der Waals surface area contributed by atoms with Crippen molar-refractivity contribution < 1.29 is 27.8 Å². The summed E-state index contributed by atoms with van der Waals surface area (Å²) in [7, 11) is -1.91. The van der Waals surface area contributed by atoms with Gasteiger partial charge in [-0.25, -0.2) is 9.59 Å². The highest BCUT2D eigenvalue weighted by Crippen LogP contribution is 2.41. The first-order valence-corrected chi connectivity index (χ1v) is 10.9. The number of para-hydroxylation sites is 1. The number of nitrogens with zero attached hydrogens (tertiary/aromatic N) is 1. The zero-order valence-corrected chi connectivity index (χ0v) is 18.6. The van der Waals surface area contributed by atoms with Gasteiger partial charge < -0.3 is 14.0 Å². The highest BCUT2D eigenvalue weighted by molar-refractivity contribution is 7.42. The Morgan fingerprint density at radius 3 is 2.52 bits per heavy atom. The second-order valence-corrected chi connectivity index (χ2v) is 7.43. The summed E-state index contributed by atoms with van der Waals surface area (Å²) >= 11 is 0. The van der Waals surface area contributed by atoms with Crippen molar-refractivity contribution in [3.05, 3.63) is 63.4 Å². The van der Waals surface area contributed by atoms with E-state index in [-0.39, 0.29) is 19.8 Å². The molecule has 3 atom stereocenters. The fourth-order valence-electron chi connectivity index (χ4n) is 2.42. The maximum atomic E-state index is 11.9. The third-order valence-electron chi connectivity index (χ3n) is 3.97. The standard InChI is InChI=1S/C20H27N2O8P/c1-4-16(29-15(3)22-12-11-18(23)21-20(22)25)13-27-31(28-14-19(24)26-5-2)30-17-9-7-6-8-10-17/h6-12,15-16H,4-5,13-14H2,1-3H3,(H,21,23,25). The third-order valence-corrected chi connectivity index (χ3v) is 5.03. The molecule has 0 amide bonds. The molecule has 10 nitrogen and oxygen atoms in total. The number of esters is 1. The Morgan fingerprint density at radius 2 is 1.87 bits per heavy atom. The Hall–Kier alpha value is -2.52. The van der Waals surface area contributed by atoms with Crippen LogP contribution in [0.2, 0.25) is 0 Å². The van der Waals surface area contributed by atoms with Crippen LogP contribution >= 0.6 is 8.60 Å². The van der Waals surface area contributed by atoms with Crippen LogP contribution < -0.4 is 15.8 Å². The summed E-state index contributed by atoms with van der Waals surface area (Å²) < 4.78 is 29.0. The minimum absolute atomic E-state index is 0.0975. The normalized spacial score (nSPS) is 13.9. The van der Waals surface area contributed by atoms with Crippen LogP contribution in [0.4, 0.5) is 0 Å². The first-order chi connectivity index (χ1) is 14.9. The van der Waals surface area contributed by atoms with Crippen molar-refractivity contribution in [3.8, 4) is 5.75 Å². The van der Waals surface area contributed by atoms with Gasteiger partial charge in [0.1, 0.15) is 12.0 Å². The molecule has 170 valence electrons. The van der Waals surface area contributed by atoms with Crippen molar-refractivity contribution in [3.63, 3.8) is 0 Å². The molecule has 0 bridgehead atoms. The lowest BCUT2D eigenvalue weighted by atomic mass is 10.3. The number of hydrogen-bond donors (Lipinski definition) is 1. The van der Waals surface area contributed by atoms with Crippen molar-refractivity contribution in [1.29, 1.82) is 0 Å². The van der Waals surface area contributed by atoms with Gasteiger partial charge in [0.25, 0.3) is 5.56 Å². The number of hydrogen-bond acceptors (Lipinski definition) is 8. The average Bonchev–Trinajstić information content (AvgIpc) is 2.75. The van der Waals surface area contributed by atoms with Gasteiger partial charge in [0.2, 0.25) is 0 Å². The number of rotatable bonds is 13. The topological polar surface area (TPSA) is 118 Å². The maximum absolute atomic E-state index is 11.9. The number of aromatic amines is 1. The molecule has 0 saturated carbocycles. The summed E-state index contributed by atoms with van der Waals surface area (Å²) in [5, 5.41) is 0. The van der Waals surface area contributed by atoms with Crippen molar-refractivity contribution in [2.45, 2.75) is 39.5 Å². The van der Waals surface area contributed by atoms with E-state index in [2.05, 4.69) is 4.98 Å². The smallest absolute Gasteiger partial charge is 0.397 e. The van der Waals surface area contributed by atoms with Crippen LogP contribution in [-0.2, 0) is 23.3 Å². The van der Waals surface area contributed by atoms with E-state index in [0.717, 1.165) is 0 Å². The number of carbonyl (C=O) groups excluding carboxylic acids is 1. The first-order valence-electron chi connectivity index (χ1n) is 9.84. The van der Waals surface area contributed by atoms with Crippen LogP contribution in [0, 0.1) is 0 Å². The molecule has 0 aliphatic rings. The van der Waals surface area contributed by atoms with E-state index < -0.39 is 38.2 Å². The SMILES string of the molecule is CCOC(=O)COP(OCC(CC)OC(C)n1ccc(=O)[nH]c1=O)Oc1ccccc1. The Labute approximate surface area is 181 Å². The number of aromatic nitrogens is 2. The van der Waals surface area contributed by atoms with Crippen molar-refractivity contribution >= 4 is 14.6 Å². The molecule has 3 unspecified atom stereocenters. The minimum atomic E-state index is -1.91. The molecule has 1 heterocycles. The van der Waals surface area contributed by atoms with E-state index in [4.69, 9.17) is 23.0 Å². The summed E-state index contributed by atoms with van der Waals surface area (Å²) in [4.78, 5) is 37.0. The van der Waals surface area contributed by atoms with E-state index in [9.17, 15) is 14.4 Å². The number of carbonyl (C=O) groups is 1. The average molecular weight is 454 g/mol. The van der Waals surface area contributed by atoms with Crippen LogP contribution in [0.1, 0.15) is 33.4 Å². The van der Waals surface area contributed by atoms with Gasteiger partial charge in [-0.3, -0.25) is 23.4 Å². The lowest BCUT2D eigenvalue weighted by Crippen LogP contribution is -2.33. The van der Waals surface area contributed by atoms with Crippen LogP contribution in [0.5, 0.6) is 5.75 Å². The maximum Gasteiger partial charge on any atom is 0.397 e. The second-order valence-electron chi connectivity index (χ2n) is 6.29. The molecule has 0 spiro atoms. The first kappa shape index (κ1) is 24.7. The molecular formula is C20H27N2O8P. The van der Waals surface area contributed by atoms with E-state index in [1.54, 1.807) is 38.1 Å². The van der Waals surface area contributed by atoms with E-state index in [1.807, 2.05) is 13.0 Å². The quantitative estimate of drug-likeness (QED) is 0.363. The van der Waals surface area contributed by atoms with Crippen LogP contribution in [0.3, 0.4) is 0 Å². The van der Waals surface area contributed by atoms with E-state index >= 15 is 0 Å². The van der Waals surface area contributed by atoms with Gasteiger partial charge in [-0.2, -0.15) is 0 Å². The Balaban J connectivity index is 1.98. The fraction of sp³-hybridized carbons (Fsp3) is 0.450. The molecule has 2 aromatic rings. The predicted octanol–water partition coefficient (Wildman–Crippen LogP) is 2.75. The Kier molecular flexibility index (Phi) is 10.4. The van der Waals surface area contributed by atoms with Gasteiger partial charge in [-0.05, 0) is 32.4 Å². The number of ether oxygens (including phenoxy) is 2. The van der Waals surface area contributed by atoms with Crippen LogP contribution in [0.25, 0.3) is 0 Å². The number of benzene rings is 1. The summed E-state index contributed by atoms with van der Waals surface area (Å²) in [5.74, 6) is 0.00391. The molecule has 1 N–H and O–H groups in total. The van der Waals surface area contributed by atoms with Gasteiger partial charge in [0.05, 0.1) is 19.3 Å². The molecule has 1 aromatic carbocycles. The molecule has 0 saturated heterocycles. The lowest BCUT2D eigenvalue weighted by molar-refractivity contribution is -0.145. The highest BCUT2D eigenvalue weighted by Gasteiger charge is 2.22. The molecule has 0 aliphatic heterocycles. The summed E-state index contributed by atoms with van der Waals surface area (Å²) in [6.07, 6.45) is 0.909. The minimum Gasteiger partial charge on any atom is -0.464 e. The molecule has 1 aromatic heterocycles. The molecule has 0 radical (unpaired) electrons. The lowest BCUT2D eigenvalue weighted by Gasteiger charge is -2.24. The van der Waals surface area contributed by atoms with Crippen LogP contribution in [-0.4, -0.2) is 41.4 Å².